The van der Waals surface area contributed by atoms with Crippen molar-refractivity contribution in [3.05, 3.63) is 52.2 Å². The van der Waals surface area contributed by atoms with Crippen LogP contribution in [-0.4, -0.2) is 10.9 Å². The van der Waals surface area contributed by atoms with E-state index < -0.39 is 17.3 Å². The van der Waals surface area contributed by atoms with Crippen molar-refractivity contribution in [2.24, 2.45) is 5.73 Å². The molecule has 0 radical (unpaired) electrons. The zero-order chi connectivity index (χ0) is 14.6. The number of hydrogen-bond acceptors (Lipinski definition) is 4. The molecular weight excluding hydrogens is 277 g/mol. The summed E-state index contributed by atoms with van der Waals surface area (Å²) < 4.78 is 13.0. The molecule has 1 atom stereocenters. The summed E-state index contributed by atoms with van der Waals surface area (Å²) in [4.78, 5) is 17.0. The lowest BCUT2D eigenvalue weighted by Crippen LogP contribution is -2.52. The highest BCUT2D eigenvalue weighted by molar-refractivity contribution is 7.09. The number of thiophene rings is 1. The van der Waals surface area contributed by atoms with Crippen LogP contribution < -0.4 is 11.1 Å². The van der Waals surface area contributed by atoms with E-state index in [4.69, 9.17) is 5.73 Å². The fourth-order valence-corrected chi connectivity index (χ4v) is 2.71. The first kappa shape index (κ1) is 14.6. The average molecular weight is 293 g/mol. The number of hydrogen-bond donors (Lipinski definition) is 2. The molecule has 106 valence electrons. The number of pyridine rings is 1. The fraction of sp³-hybridized carbons (Fsp3) is 0.286. The molecule has 3 N–H and O–H groups in total. The summed E-state index contributed by atoms with van der Waals surface area (Å²) in [6, 6.07) is 6.68. The van der Waals surface area contributed by atoms with Crippen LogP contribution in [0.15, 0.2) is 35.8 Å². The Kier molecular flexibility index (Phi) is 4.46. The van der Waals surface area contributed by atoms with Crippen LogP contribution in [0, 0.1) is 5.82 Å². The first-order chi connectivity index (χ1) is 9.58. The number of aromatic nitrogens is 1. The summed E-state index contributed by atoms with van der Waals surface area (Å²) in [5, 5.41) is 5.13. The minimum atomic E-state index is -1.09. The van der Waals surface area contributed by atoms with E-state index >= 15 is 0 Å². The van der Waals surface area contributed by atoms with E-state index in [1.54, 1.807) is 11.3 Å². The van der Waals surface area contributed by atoms with Gasteiger partial charge in [0, 0.05) is 11.4 Å². The standard InChI is InChI=1S/C14H16FN3OS/c1-2-14(13(16)19,12-6-5-10(15)8-17-12)18-9-11-4-3-7-20-11/h3-8,18H,2,9H2,1H3,(H2,16,19). The van der Waals surface area contributed by atoms with Gasteiger partial charge in [0.25, 0.3) is 0 Å². The number of rotatable bonds is 6. The summed E-state index contributed by atoms with van der Waals surface area (Å²) in [5.41, 5.74) is 4.91. The number of carbonyl (C=O) groups excluding carboxylic acids is 1. The van der Waals surface area contributed by atoms with Gasteiger partial charge >= 0.3 is 0 Å². The molecule has 2 aromatic rings. The van der Waals surface area contributed by atoms with Gasteiger partial charge in [-0.2, -0.15) is 0 Å². The van der Waals surface area contributed by atoms with E-state index in [1.807, 2.05) is 24.4 Å². The van der Waals surface area contributed by atoms with Crippen molar-refractivity contribution < 1.29 is 9.18 Å². The molecule has 20 heavy (non-hydrogen) atoms. The molecule has 1 amide bonds. The van der Waals surface area contributed by atoms with Crippen LogP contribution in [0.1, 0.15) is 23.9 Å². The number of carbonyl (C=O) groups is 1. The molecule has 0 saturated carbocycles. The van der Waals surface area contributed by atoms with Gasteiger partial charge in [0.05, 0.1) is 11.9 Å². The van der Waals surface area contributed by atoms with Crippen molar-refractivity contribution in [2.75, 3.05) is 0 Å². The molecule has 0 spiro atoms. The van der Waals surface area contributed by atoms with Crippen LogP contribution in [-0.2, 0) is 16.9 Å². The van der Waals surface area contributed by atoms with Gasteiger partial charge in [0.1, 0.15) is 11.4 Å². The van der Waals surface area contributed by atoms with E-state index in [-0.39, 0.29) is 0 Å². The Hall–Kier alpha value is -1.79. The summed E-state index contributed by atoms with van der Waals surface area (Å²) in [6.07, 6.45) is 1.53. The van der Waals surface area contributed by atoms with Crippen molar-refractivity contribution in [1.82, 2.24) is 10.3 Å². The lowest BCUT2D eigenvalue weighted by atomic mass is 9.90. The summed E-state index contributed by atoms with van der Waals surface area (Å²) in [6.45, 7) is 2.35. The third-order valence-electron chi connectivity index (χ3n) is 3.26. The van der Waals surface area contributed by atoms with Crippen LogP contribution in [0.3, 0.4) is 0 Å². The number of nitrogens with two attached hydrogens (primary N) is 1. The molecule has 0 aromatic carbocycles. The minimum Gasteiger partial charge on any atom is -0.368 e. The second kappa shape index (κ2) is 6.11. The third-order valence-corrected chi connectivity index (χ3v) is 4.14. The van der Waals surface area contributed by atoms with Crippen molar-refractivity contribution in [1.29, 1.82) is 0 Å². The Morgan fingerprint density at radius 2 is 2.30 bits per heavy atom. The van der Waals surface area contributed by atoms with Crippen LogP contribution in [0.5, 0.6) is 0 Å². The monoisotopic (exact) mass is 293 g/mol. The molecule has 0 fully saturated rings. The predicted octanol–water partition coefficient (Wildman–Crippen LogP) is 2.16. The van der Waals surface area contributed by atoms with Gasteiger partial charge in [0.15, 0.2) is 0 Å². The zero-order valence-corrected chi connectivity index (χ0v) is 11.9. The molecule has 0 aliphatic heterocycles. The van der Waals surface area contributed by atoms with Gasteiger partial charge in [-0.15, -0.1) is 11.3 Å². The molecule has 0 bridgehead atoms. The normalized spacial score (nSPS) is 13.9. The van der Waals surface area contributed by atoms with Crippen molar-refractivity contribution in [3.63, 3.8) is 0 Å². The maximum Gasteiger partial charge on any atom is 0.243 e. The van der Waals surface area contributed by atoms with Crippen molar-refractivity contribution >= 4 is 17.2 Å². The van der Waals surface area contributed by atoms with Crippen LogP contribution in [0.25, 0.3) is 0 Å². The quantitative estimate of drug-likeness (QED) is 0.857. The number of nitrogens with zero attached hydrogens (tertiary/aromatic N) is 1. The number of nitrogens with one attached hydrogen (secondary N) is 1. The smallest absolute Gasteiger partial charge is 0.243 e. The fourth-order valence-electron chi connectivity index (χ4n) is 2.06. The summed E-state index contributed by atoms with van der Waals surface area (Å²) in [7, 11) is 0. The molecule has 0 saturated heterocycles. The largest absolute Gasteiger partial charge is 0.368 e. The summed E-state index contributed by atoms with van der Waals surface area (Å²) in [5.74, 6) is -0.961. The molecule has 2 aromatic heterocycles. The Morgan fingerprint density at radius 3 is 2.80 bits per heavy atom. The Morgan fingerprint density at radius 1 is 1.50 bits per heavy atom. The van der Waals surface area contributed by atoms with Gasteiger partial charge < -0.3 is 5.73 Å². The Labute approximate surface area is 120 Å². The van der Waals surface area contributed by atoms with E-state index in [0.29, 0.717) is 18.7 Å². The maximum atomic E-state index is 13.0. The van der Waals surface area contributed by atoms with Gasteiger partial charge in [-0.05, 0) is 30.0 Å². The summed E-state index contributed by atoms with van der Waals surface area (Å²) >= 11 is 1.59. The Bertz CT molecular complexity index is 571. The lowest BCUT2D eigenvalue weighted by Gasteiger charge is -2.30. The highest BCUT2D eigenvalue weighted by Gasteiger charge is 2.37. The second-order valence-corrected chi connectivity index (χ2v) is 5.45. The highest BCUT2D eigenvalue weighted by atomic mass is 32.1. The second-order valence-electron chi connectivity index (χ2n) is 4.42. The van der Waals surface area contributed by atoms with E-state index in [2.05, 4.69) is 10.3 Å². The first-order valence-electron chi connectivity index (χ1n) is 6.28. The predicted molar refractivity (Wildman–Crippen MR) is 76.5 cm³/mol. The van der Waals surface area contributed by atoms with Gasteiger partial charge in [-0.25, -0.2) is 4.39 Å². The van der Waals surface area contributed by atoms with Crippen molar-refractivity contribution in [3.8, 4) is 0 Å². The van der Waals surface area contributed by atoms with Crippen molar-refractivity contribution in [2.45, 2.75) is 25.4 Å². The molecule has 0 aliphatic rings. The van der Waals surface area contributed by atoms with Gasteiger partial charge in [0.2, 0.25) is 5.91 Å². The lowest BCUT2D eigenvalue weighted by molar-refractivity contribution is -0.125. The number of halogens is 1. The van der Waals surface area contributed by atoms with E-state index in [1.165, 1.54) is 12.1 Å². The van der Waals surface area contributed by atoms with Crippen LogP contribution in [0.2, 0.25) is 0 Å². The van der Waals surface area contributed by atoms with Gasteiger partial charge in [-0.1, -0.05) is 13.0 Å². The Balaban J connectivity index is 2.29. The number of primary amides is 1. The third kappa shape index (κ3) is 2.86. The van der Waals surface area contributed by atoms with Gasteiger partial charge in [-0.3, -0.25) is 15.1 Å². The van der Waals surface area contributed by atoms with Crippen LogP contribution in [0.4, 0.5) is 4.39 Å². The topological polar surface area (TPSA) is 68.0 Å². The van der Waals surface area contributed by atoms with E-state index in [9.17, 15) is 9.18 Å². The molecule has 0 aliphatic carbocycles. The molecule has 6 heteroatoms. The molecule has 1 unspecified atom stereocenters. The van der Waals surface area contributed by atoms with E-state index in [0.717, 1.165) is 11.1 Å². The van der Waals surface area contributed by atoms with Crippen LogP contribution >= 0.6 is 11.3 Å². The minimum absolute atomic E-state index is 0.436. The molecule has 4 nitrogen and oxygen atoms in total. The zero-order valence-electron chi connectivity index (χ0n) is 11.1. The molecule has 2 heterocycles. The highest BCUT2D eigenvalue weighted by Crippen LogP contribution is 2.24. The number of amides is 1. The average Bonchev–Trinajstić information content (AvgIpc) is 2.94. The SMILES string of the molecule is CCC(NCc1cccs1)(C(N)=O)c1ccc(F)cn1. The molecular formula is C14H16FN3OS. The first-order valence-corrected chi connectivity index (χ1v) is 7.16. The maximum absolute atomic E-state index is 13.0. The molecule has 2 rings (SSSR count).